The van der Waals surface area contributed by atoms with Crippen LogP contribution < -0.4 is 20.0 Å². The maximum Gasteiger partial charge on any atom is 0.419 e. The number of hydrogen-bond acceptors (Lipinski definition) is 6. The van der Waals surface area contributed by atoms with Gasteiger partial charge in [-0.3, -0.25) is 9.29 Å². The quantitative estimate of drug-likeness (QED) is 0.761. The summed E-state index contributed by atoms with van der Waals surface area (Å²) in [7, 11) is -2.25. The Kier molecular flexibility index (Phi) is 3.46. The summed E-state index contributed by atoms with van der Waals surface area (Å²) in [5.74, 6) is 0.387. The van der Waals surface area contributed by atoms with Crippen LogP contribution in [0.4, 0.5) is 5.69 Å². The van der Waals surface area contributed by atoms with Crippen LogP contribution in [0.1, 0.15) is 0 Å². The van der Waals surface area contributed by atoms with Crippen molar-refractivity contribution in [2.45, 2.75) is 4.90 Å². The van der Waals surface area contributed by atoms with Crippen LogP contribution in [-0.2, 0) is 17.1 Å². The van der Waals surface area contributed by atoms with E-state index in [1.807, 2.05) is 0 Å². The lowest BCUT2D eigenvalue weighted by Gasteiger charge is -2.19. The van der Waals surface area contributed by atoms with Crippen molar-refractivity contribution < 1.29 is 22.3 Å². The first-order valence-corrected chi connectivity index (χ1v) is 8.94. The molecule has 8 nitrogen and oxygen atoms in total. The number of fused-ring (bicyclic) bond motifs is 2. The second kappa shape index (κ2) is 5.55. The number of anilines is 1. The van der Waals surface area contributed by atoms with Gasteiger partial charge in [0.2, 0.25) is 0 Å². The predicted molar refractivity (Wildman–Crippen MR) is 89.7 cm³/mol. The van der Waals surface area contributed by atoms with E-state index in [4.69, 9.17) is 13.9 Å². The number of hydrogen-bond donors (Lipinski definition) is 1. The zero-order chi connectivity index (χ0) is 17.6. The molecule has 9 heteroatoms. The fourth-order valence-electron chi connectivity index (χ4n) is 2.60. The number of aromatic nitrogens is 1. The molecule has 1 aliphatic heterocycles. The van der Waals surface area contributed by atoms with Crippen molar-refractivity contribution >= 4 is 26.8 Å². The van der Waals surface area contributed by atoms with Gasteiger partial charge in [0.05, 0.1) is 16.1 Å². The molecule has 0 spiro atoms. The SMILES string of the molecule is Cn1c(=O)oc2cc(NS(=O)(=O)c3ccc4c(c3)OCCO4)ccc21. The van der Waals surface area contributed by atoms with Crippen molar-refractivity contribution in [3.63, 3.8) is 0 Å². The van der Waals surface area contributed by atoms with Crippen molar-refractivity contribution in [2.75, 3.05) is 17.9 Å². The number of oxazole rings is 1. The summed E-state index contributed by atoms with van der Waals surface area (Å²) < 4.78 is 44.9. The first-order valence-electron chi connectivity index (χ1n) is 7.46. The van der Waals surface area contributed by atoms with Crippen molar-refractivity contribution in [3.05, 3.63) is 46.9 Å². The molecule has 0 fully saturated rings. The van der Waals surface area contributed by atoms with Crippen LogP contribution in [0.15, 0.2) is 50.5 Å². The summed E-state index contributed by atoms with van der Waals surface area (Å²) in [5, 5.41) is 0. The molecule has 1 N–H and O–H groups in total. The van der Waals surface area contributed by atoms with Gasteiger partial charge in [0.1, 0.15) is 13.2 Å². The molecule has 0 atom stereocenters. The molecule has 1 aromatic heterocycles. The minimum Gasteiger partial charge on any atom is -0.486 e. The summed E-state index contributed by atoms with van der Waals surface area (Å²) in [6, 6.07) is 9.05. The van der Waals surface area contributed by atoms with Crippen LogP contribution in [-0.4, -0.2) is 26.2 Å². The van der Waals surface area contributed by atoms with E-state index in [0.29, 0.717) is 35.8 Å². The van der Waals surface area contributed by atoms with E-state index in [0.717, 1.165) is 0 Å². The van der Waals surface area contributed by atoms with Crippen molar-refractivity contribution in [1.29, 1.82) is 0 Å². The second-order valence-corrected chi connectivity index (χ2v) is 7.20. The van der Waals surface area contributed by atoms with E-state index in [1.54, 1.807) is 25.2 Å². The molecule has 0 bridgehead atoms. The number of aryl methyl sites for hydroxylation is 1. The van der Waals surface area contributed by atoms with E-state index < -0.39 is 15.8 Å². The lowest BCUT2D eigenvalue weighted by atomic mass is 10.3. The van der Waals surface area contributed by atoms with Crippen LogP contribution >= 0.6 is 0 Å². The highest BCUT2D eigenvalue weighted by molar-refractivity contribution is 7.92. The fourth-order valence-corrected chi connectivity index (χ4v) is 3.67. The Morgan fingerprint density at radius 3 is 2.60 bits per heavy atom. The lowest BCUT2D eigenvalue weighted by Crippen LogP contribution is -2.17. The minimum absolute atomic E-state index is 0.0476. The Labute approximate surface area is 142 Å². The average Bonchev–Trinajstić information content (AvgIpc) is 2.88. The van der Waals surface area contributed by atoms with Gasteiger partial charge in [-0.05, 0) is 24.3 Å². The highest BCUT2D eigenvalue weighted by Gasteiger charge is 2.20. The molecule has 2 aromatic carbocycles. The molecule has 0 amide bonds. The van der Waals surface area contributed by atoms with Crippen LogP contribution in [0, 0.1) is 0 Å². The third kappa shape index (κ3) is 2.72. The molecule has 2 heterocycles. The summed E-state index contributed by atoms with van der Waals surface area (Å²) >= 11 is 0. The van der Waals surface area contributed by atoms with Gasteiger partial charge in [0.15, 0.2) is 17.1 Å². The molecular formula is C16H14N2O6S. The van der Waals surface area contributed by atoms with Crippen LogP contribution in [0.2, 0.25) is 0 Å². The zero-order valence-corrected chi connectivity index (χ0v) is 14.0. The van der Waals surface area contributed by atoms with Crippen molar-refractivity contribution in [1.82, 2.24) is 4.57 Å². The number of nitrogens with zero attached hydrogens (tertiary/aromatic N) is 1. The van der Waals surface area contributed by atoms with E-state index in [1.165, 1.54) is 22.8 Å². The molecule has 0 saturated carbocycles. The Balaban J connectivity index is 1.68. The maximum atomic E-state index is 12.6. The summed E-state index contributed by atoms with van der Waals surface area (Å²) in [5.41, 5.74) is 1.17. The van der Waals surface area contributed by atoms with Crippen LogP contribution in [0.5, 0.6) is 11.5 Å². The normalized spacial score (nSPS) is 13.8. The van der Waals surface area contributed by atoms with Crippen molar-refractivity contribution in [2.24, 2.45) is 7.05 Å². The van der Waals surface area contributed by atoms with Gasteiger partial charge in [-0.2, -0.15) is 0 Å². The number of sulfonamides is 1. The smallest absolute Gasteiger partial charge is 0.419 e. The van der Waals surface area contributed by atoms with Crippen LogP contribution in [0.3, 0.4) is 0 Å². The number of rotatable bonds is 3. The molecule has 0 unspecified atom stereocenters. The molecule has 0 radical (unpaired) electrons. The van der Waals surface area contributed by atoms with Gasteiger partial charge in [-0.25, -0.2) is 13.2 Å². The second-order valence-electron chi connectivity index (χ2n) is 5.52. The molecule has 25 heavy (non-hydrogen) atoms. The van der Waals surface area contributed by atoms with Gasteiger partial charge in [-0.1, -0.05) is 0 Å². The number of nitrogens with one attached hydrogen (secondary N) is 1. The first kappa shape index (κ1) is 15.6. The number of ether oxygens (including phenoxy) is 2. The van der Waals surface area contributed by atoms with Crippen LogP contribution in [0.25, 0.3) is 11.1 Å². The monoisotopic (exact) mass is 362 g/mol. The van der Waals surface area contributed by atoms with Gasteiger partial charge >= 0.3 is 5.76 Å². The highest BCUT2D eigenvalue weighted by atomic mass is 32.2. The Morgan fingerprint density at radius 1 is 1.04 bits per heavy atom. The lowest BCUT2D eigenvalue weighted by molar-refractivity contribution is 0.171. The van der Waals surface area contributed by atoms with Gasteiger partial charge in [0.25, 0.3) is 10.0 Å². The molecule has 130 valence electrons. The van der Waals surface area contributed by atoms with E-state index in [-0.39, 0.29) is 10.6 Å². The van der Waals surface area contributed by atoms with Gasteiger partial charge < -0.3 is 13.9 Å². The Morgan fingerprint density at radius 2 is 1.80 bits per heavy atom. The highest BCUT2D eigenvalue weighted by Crippen LogP contribution is 2.32. The standard InChI is InChI=1S/C16H14N2O6S/c1-18-12-4-2-10(8-14(12)24-16(18)19)17-25(20,21)11-3-5-13-15(9-11)23-7-6-22-13/h2-5,8-9,17H,6-7H2,1H3. The number of benzene rings is 2. The van der Waals surface area contributed by atoms with Crippen molar-refractivity contribution in [3.8, 4) is 11.5 Å². The van der Waals surface area contributed by atoms with Gasteiger partial charge in [-0.15, -0.1) is 0 Å². The third-order valence-corrected chi connectivity index (χ3v) is 5.25. The van der Waals surface area contributed by atoms with Gasteiger partial charge in [0, 0.05) is 19.2 Å². The molecular weight excluding hydrogens is 348 g/mol. The summed E-state index contributed by atoms with van der Waals surface area (Å²) in [6.45, 7) is 0.799. The third-order valence-electron chi connectivity index (χ3n) is 3.87. The zero-order valence-electron chi connectivity index (χ0n) is 13.2. The predicted octanol–water partition coefficient (Wildman–Crippen LogP) is 1.70. The fraction of sp³-hybridized carbons (Fsp3) is 0.188. The van der Waals surface area contributed by atoms with E-state index >= 15 is 0 Å². The average molecular weight is 362 g/mol. The molecule has 0 aliphatic carbocycles. The topological polar surface area (TPSA) is 99.8 Å². The minimum atomic E-state index is -3.83. The first-order chi connectivity index (χ1) is 11.9. The van der Waals surface area contributed by atoms with E-state index in [2.05, 4.69) is 4.72 Å². The largest absolute Gasteiger partial charge is 0.486 e. The molecule has 3 aromatic rings. The molecule has 1 aliphatic rings. The Hall–Kier alpha value is -2.94. The Bertz CT molecular complexity index is 1130. The molecule has 0 saturated heterocycles. The summed E-state index contributed by atoms with van der Waals surface area (Å²) in [6.07, 6.45) is 0. The van der Waals surface area contributed by atoms with E-state index in [9.17, 15) is 13.2 Å². The molecule has 4 rings (SSSR count). The summed E-state index contributed by atoms with van der Waals surface area (Å²) in [4.78, 5) is 11.6. The maximum absolute atomic E-state index is 12.6.